The van der Waals surface area contributed by atoms with Crippen LogP contribution in [-0.2, 0) is 0 Å². The number of hydrogen-bond acceptors (Lipinski definition) is 5. The number of imidazole rings is 2. The van der Waals surface area contributed by atoms with Crippen LogP contribution in [0.5, 0.6) is 0 Å². The Balaban J connectivity index is 2.12. The minimum Gasteiger partial charge on any atom is -0.315 e. The molecule has 4 aromatic rings. The molecule has 0 aromatic carbocycles. The molecule has 0 saturated carbocycles. The SMILES string of the molecule is Cc1ncn(-c2ncc3[nH]c(=O)c4nc(C)c(C)n4c3n2)c1C. The van der Waals surface area contributed by atoms with Gasteiger partial charge in [0.25, 0.3) is 5.56 Å². The van der Waals surface area contributed by atoms with E-state index in [-0.39, 0.29) is 5.56 Å². The molecule has 8 heteroatoms. The van der Waals surface area contributed by atoms with Crippen molar-refractivity contribution in [3.8, 4) is 5.95 Å². The first-order valence-electron chi connectivity index (χ1n) is 7.23. The van der Waals surface area contributed by atoms with Crippen LogP contribution >= 0.6 is 0 Å². The second kappa shape index (κ2) is 4.48. The predicted molar refractivity (Wildman–Crippen MR) is 85.0 cm³/mol. The molecule has 4 heterocycles. The molecule has 0 aliphatic rings. The standard InChI is InChI=1S/C15H15N7O/c1-7-9(3)21(6-17-7)15-16-5-11-12(20-15)22-10(4)8(2)18-13(22)14(23)19-11/h5-6H,1-4H3,(H,19,23). The van der Waals surface area contributed by atoms with Crippen molar-refractivity contribution in [2.24, 2.45) is 0 Å². The number of aromatic amines is 1. The Morgan fingerprint density at radius 1 is 0.957 bits per heavy atom. The number of aromatic nitrogens is 7. The van der Waals surface area contributed by atoms with E-state index in [9.17, 15) is 4.79 Å². The fourth-order valence-electron chi connectivity index (χ4n) is 2.64. The largest absolute Gasteiger partial charge is 0.315 e. The molecule has 1 N–H and O–H groups in total. The third-order valence-electron chi connectivity index (χ3n) is 4.23. The lowest BCUT2D eigenvalue weighted by atomic mass is 10.4. The Kier molecular flexibility index (Phi) is 2.65. The van der Waals surface area contributed by atoms with Gasteiger partial charge >= 0.3 is 0 Å². The number of nitrogens with one attached hydrogen (secondary N) is 1. The molecule has 0 fully saturated rings. The van der Waals surface area contributed by atoms with Gasteiger partial charge in [0.15, 0.2) is 5.65 Å². The number of H-pyrrole nitrogens is 1. The number of fused-ring (bicyclic) bond motifs is 3. The lowest BCUT2D eigenvalue weighted by molar-refractivity contribution is 0.894. The van der Waals surface area contributed by atoms with Gasteiger partial charge in [-0.15, -0.1) is 0 Å². The summed E-state index contributed by atoms with van der Waals surface area (Å²) in [5.74, 6) is 0.509. The topological polar surface area (TPSA) is 93.8 Å². The first kappa shape index (κ1) is 13.6. The highest BCUT2D eigenvalue weighted by Crippen LogP contribution is 2.16. The second-order valence-corrected chi connectivity index (χ2v) is 5.59. The van der Waals surface area contributed by atoms with Crippen molar-refractivity contribution >= 4 is 16.8 Å². The van der Waals surface area contributed by atoms with Crippen LogP contribution in [0.1, 0.15) is 22.8 Å². The molecule has 0 unspecified atom stereocenters. The average molecular weight is 309 g/mol. The minimum absolute atomic E-state index is 0.250. The monoisotopic (exact) mass is 309 g/mol. The molecule has 23 heavy (non-hydrogen) atoms. The van der Waals surface area contributed by atoms with Gasteiger partial charge in [-0.2, -0.15) is 4.98 Å². The van der Waals surface area contributed by atoms with Crippen LogP contribution in [0, 0.1) is 27.7 Å². The van der Waals surface area contributed by atoms with Crippen LogP contribution in [0.15, 0.2) is 17.3 Å². The highest BCUT2D eigenvalue weighted by Gasteiger charge is 2.15. The molecule has 0 aliphatic carbocycles. The summed E-state index contributed by atoms with van der Waals surface area (Å²) in [7, 11) is 0. The quantitative estimate of drug-likeness (QED) is 0.573. The van der Waals surface area contributed by atoms with E-state index in [4.69, 9.17) is 0 Å². The van der Waals surface area contributed by atoms with Crippen LogP contribution in [0.2, 0.25) is 0 Å². The number of hydrogen-bond donors (Lipinski definition) is 1. The van der Waals surface area contributed by atoms with E-state index in [1.807, 2.05) is 32.3 Å². The van der Waals surface area contributed by atoms with Crippen LogP contribution in [0.25, 0.3) is 22.8 Å². The van der Waals surface area contributed by atoms with Gasteiger partial charge in [0, 0.05) is 11.4 Å². The number of nitrogens with zero attached hydrogens (tertiary/aromatic N) is 6. The zero-order valence-corrected chi connectivity index (χ0v) is 13.2. The van der Waals surface area contributed by atoms with Crippen molar-refractivity contribution in [1.29, 1.82) is 0 Å². The van der Waals surface area contributed by atoms with E-state index in [2.05, 4.69) is 24.9 Å². The molecule has 0 saturated heterocycles. The van der Waals surface area contributed by atoms with Crippen molar-refractivity contribution < 1.29 is 0 Å². The van der Waals surface area contributed by atoms with Gasteiger partial charge in [-0.05, 0) is 27.7 Å². The molecule has 0 spiro atoms. The molecule has 8 nitrogen and oxygen atoms in total. The van der Waals surface area contributed by atoms with Crippen LogP contribution in [0.4, 0.5) is 0 Å². The predicted octanol–water partition coefficient (Wildman–Crippen LogP) is 1.39. The fourth-order valence-corrected chi connectivity index (χ4v) is 2.64. The van der Waals surface area contributed by atoms with E-state index >= 15 is 0 Å². The highest BCUT2D eigenvalue weighted by atomic mass is 16.1. The smallest absolute Gasteiger partial charge is 0.292 e. The van der Waals surface area contributed by atoms with Crippen molar-refractivity contribution in [3.05, 3.63) is 45.7 Å². The molecule has 0 radical (unpaired) electrons. The van der Waals surface area contributed by atoms with E-state index in [1.165, 1.54) is 0 Å². The minimum atomic E-state index is -0.250. The van der Waals surface area contributed by atoms with Crippen LogP contribution in [-0.4, -0.2) is 33.9 Å². The Labute approximate surface area is 130 Å². The normalized spacial score (nSPS) is 11.7. The zero-order valence-electron chi connectivity index (χ0n) is 13.2. The second-order valence-electron chi connectivity index (χ2n) is 5.59. The first-order chi connectivity index (χ1) is 11.0. The molecule has 0 bridgehead atoms. The highest BCUT2D eigenvalue weighted by molar-refractivity contribution is 5.73. The van der Waals surface area contributed by atoms with Gasteiger partial charge < -0.3 is 4.98 Å². The van der Waals surface area contributed by atoms with Gasteiger partial charge in [0.2, 0.25) is 11.6 Å². The van der Waals surface area contributed by atoms with Gasteiger partial charge in [-0.1, -0.05) is 0 Å². The summed E-state index contributed by atoms with van der Waals surface area (Å²) in [4.78, 5) is 32.5. The third-order valence-corrected chi connectivity index (χ3v) is 4.23. The summed E-state index contributed by atoms with van der Waals surface area (Å²) in [6.07, 6.45) is 3.31. The zero-order chi connectivity index (χ0) is 16.3. The maximum absolute atomic E-state index is 12.2. The average Bonchev–Trinajstić information content (AvgIpc) is 3.01. The molecule has 0 amide bonds. The molecule has 0 atom stereocenters. The van der Waals surface area contributed by atoms with Gasteiger partial charge in [-0.25, -0.2) is 15.0 Å². The molecular weight excluding hydrogens is 294 g/mol. The van der Waals surface area contributed by atoms with Gasteiger partial charge in [-0.3, -0.25) is 13.8 Å². The Morgan fingerprint density at radius 2 is 1.74 bits per heavy atom. The summed E-state index contributed by atoms with van der Waals surface area (Å²) < 4.78 is 3.60. The van der Waals surface area contributed by atoms with Crippen LogP contribution < -0.4 is 5.56 Å². The summed E-state index contributed by atoms with van der Waals surface area (Å²) in [6, 6.07) is 0. The van der Waals surface area contributed by atoms with Crippen molar-refractivity contribution in [2.75, 3.05) is 0 Å². The Morgan fingerprint density at radius 3 is 2.43 bits per heavy atom. The summed E-state index contributed by atoms with van der Waals surface area (Å²) in [6.45, 7) is 7.69. The summed E-state index contributed by atoms with van der Waals surface area (Å²) in [5, 5.41) is 0. The fraction of sp³-hybridized carbons (Fsp3) is 0.267. The maximum Gasteiger partial charge on any atom is 0.292 e. The van der Waals surface area contributed by atoms with E-state index in [0.29, 0.717) is 22.8 Å². The Hall–Kier alpha value is -3.03. The van der Waals surface area contributed by atoms with E-state index in [0.717, 1.165) is 22.8 Å². The molecule has 4 aromatic heterocycles. The van der Waals surface area contributed by atoms with Crippen molar-refractivity contribution in [1.82, 2.24) is 33.9 Å². The van der Waals surface area contributed by atoms with Gasteiger partial charge in [0.05, 0.1) is 17.6 Å². The van der Waals surface area contributed by atoms with E-state index in [1.54, 1.807) is 16.9 Å². The lowest BCUT2D eigenvalue weighted by Gasteiger charge is -2.07. The number of rotatable bonds is 1. The van der Waals surface area contributed by atoms with Gasteiger partial charge in [0.1, 0.15) is 11.8 Å². The van der Waals surface area contributed by atoms with E-state index < -0.39 is 0 Å². The maximum atomic E-state index is 12.2. The molecule has 116 valence electrons. The first-order valence-corrected chi connectivity index (χ1v) is 7.23. The van der Waals surface area contributed by atoms with Crippen LogP contribution in [0.3, 0.4) is 0 Å². The third kappa shape index (κ3) is 1.81. The molecule has 0 aliphatic heterocycles. The molecular formula is C15H15N7O. The number of aryl methyl sites for hydroxylation is 3. The summed E-state index contributed by atoms with van der Waals surface area (Å²) in [5.41, 5.74) is 4.88. The Bertz CT molecular complexity index is 1130. The lowest BCUT2D eigenvalue weighted by Crippen LogP contribution is -2.14. The summed E-state index contributed by atoms with van der Waals surface area (Å²) >= 11 is 0. The van der Waals surface area contributed by atoms with Crippen molar-refractivity contribution in [2.45, 2.75) is 27.7 Å². The van der Waals surface area contributed by atoms with Crippen molar-refractivity contribution in [3.63, 3.8) is 0 Å². The molecule has 4 rings (SSSR count).